The molecule has 0 aromatic rings. The van der Waals surface area contributed by atoms with Crippen LogP contribution in [0.3, 0.4) is 0 Å². The monoisotopic (exact) mass is 358 g/mol. The molecule has 0 amide bonds. The minimum absolute atomic E-state index is 0.0000148. The van der Waals surface area contributed by atoms with Gasteiger partial charge >= 0.3 is 11.9 Å². The summed E-state index contributed by atoms with van der Waals surface area (Å²) < 4.78 is 15.8. The van der Waals surface area contributed by atoms with Crippen LogP contribution in [0, 0.1) is 17.8 Å². The van der Waals surface area contributed by atoms with Gasteiger partial charge in [-0.3, -0.25) is 9.59 Å². The highest BCUT2D eigenvalue weighted by molar-refractivity contribution is 5.72. The van der Waals surface area contributed by atoms with Gasteiger partial charge in [0.15, 0.2) is 13.1 Å². The number of esters is 1. The molecular formula is C18H30O7. The fourth-order valence-corrected chi connectivity index (χ4v) is 3.70. The Hall–Kier alpha value is -1.18. The van der Waals surface area contributed by atoms with Crippen LogP contribution in [0.4, 0.5) is 0 Å². The molecule has 0 saturated heterocycles. The van der Waals surface area contributed by atoms with Crippen molar-refractivity contribution in [1.29, 1.82) is 0 Å². The summed E-state index contributed by atoms with van der Waals surface area (Å²) in [6, 6.07) is 0. The summed E-state index contributed by atoms with van der Waals surface area (Å²) in [5.74, 6) is -1.36. The second-order valence-electron chi connectivity index (χ2n) is 7.02. The molecule has 2 fully saturated rings. The molecule has 2 aliphatic rings. The summed E-state index contributed by atoms with van der Waals surface area (Å²) in [6.45, 7) is 2.35. The fourth-order valence-electron chi connectivity index (χ4n) is 3.70. The summed E-state index contributed by atoms with van der Waals surface area (Å²) in [7, 11) is 0. The predicted octanol–water partition coefficient (Wildman–Crippen LogP) is 2.31. The minimum Gasteiger partial charge on any atom is -0.481 e. The van der Waals surface area contributed by atoms with E-state index < -0.39 is 12.3 Å². The number of carboxylic acid groups (broad SMARTS) is 1. The molecule has 1 unspecified atom stereocenters. The first kappa shape index (κ1) is 20.1. The van der Waals surface area contributed by atoms with Gasteiger partial charge in [0.25, 0.3) is 0 Å². The van der Waals surface area contributed by atoms with E-state index in [1.165, 1.54) is 0 Å². The lowest BCUT2D eigenvalue weighted by Gasteiger charge is -2.34. The number of hydrogen-bond donors (Lipinski definition) is 2. The number of aliphatic carboxylic acids is 1. The Morgan fingerprint density at radius 2 is 1.60 bits per heavy atom. The van der Waals surface area contributed by atoms with E-state index in [9.17, 15) is 14.7 Å². The Morgan fingerprint density at radius 1 is 1.00 bits per heavy atom. The number of hydrogen-bond acceptors (Lipinski definition) is 6. The number of aliphatic hydroxyl groups excluding tert-OH is 1. The number of carboxylic acids is 1. The normalized spacial score (nSPS) is 31.3. The molecule has 0 aliphatic heterocycles. The third kappa shape index (κ3) is 6.24. The molecular weight excluding hydrogens is 328 g/mol. The van der Waals surface area contributed by atoms with Gasteiger partial charge in [-0.1, -0.05) is 0 Å². The van der Waals surface area contributed by atoms with Gasteiger partial charge in [-0.25, -0.2) is 0 Å². The number of rotatable bonds is 8. The second-order valence-corrected chi connectivity index (χ2v) is 7.02. The van der Waals surface area contributed by atoms with Crippen molar-refractivity contribution in [2.45, 2.75) is 70.7 Å². The Morgan fingerprint density at radius 3 is 2.16 bits per heavy atom. The highest BCUT2D eigenvalue weighted by Gasteiger charge is 2.33. The van der Waals surface area contributed by atoms with Crippen molar-refractivity contribution >= 4 is 11.9 Å². The lowest BCUT2D eigenvalue weighted by atomic mass is 9.81. The molecule has 0 spiro atoms. The van der Waals surface area contributed by atoms with Gasteiger partial charge < -0.3 is 24.4 Å². The average molecular weight is 358 g/mol. The lowest BCUT2D eigenvalue weighted by Crippen LogP contribution is -2.35. The van der Waals surface area contributed by atoms with Crippen LogP contribution in [-0.2, 0) is 23.8 Å². The molecule has 0 aromatic heterocycles. The van der Waals surface area contributed by atoms with E-state index >= 15 is 0 Å². The van der Waals surface area contributed by atoms with Crippen LogP contribution in [0.25, 0.3) is 0 Å². The summed E-state index contributed by atoms with van der Waals surface area (Å²) in [5, 5.41) is 19.3. The topological polar surface area (TPSA) is 102 Å². The first-order valence-corrected chi connectivity index (χ1v) is 9.32. The van der Waals surface area contributed by atoms with Crippen molar-refractivity contribution in [2.75, 3.05) is 13.4 Å². The zero-order chi connectivity index (χ0) is 18.2. The predicted molar refractivity (Wildman–Crippen MR) is 88.5 cm³/mol. The van der Waals surface area contributed by atoms with Gasteiger partial charge in [-0.15, -0.1) is 0 Å². The Balaban J connectivity index is 1.66. The van der Waals surface area contributed by atoms with Gasteiger partial charge in [0.1, 0.15) is 0 Å². The fraction of sp³-hybridized carbons (Fsp3) is 0.889. The highest BCUT2D eigenvalue weighted by atomic mass is 16.7. The van der Waals surface area contributed by atoms with Gasteiger partial charge in [0.2, 0.25) is 0 Å². The average Bonchev–Trinajstić information content (AvgIpc) is 2.62. The van der Waals surface area contributed by atoms with E-state index in [1.54, 1.807) is 0 Å². The molecule has 2 saturated carbocycles. The number of carbonyl (C=O) groups is 2. The molecule has 0 bridgehead atoms. The third-order valence-electron chi connectivity index (χ3n) is 5.35. The van der Waals surface area contributed by atoms with Crippen LogP contribution in [0.15, 0.2) is 0 Å². The Bertz CT molecular complexity index is 423. The zero-order valence-corrected chi connectivity index (χ0v) is 14.9. The van der Waals surface area contributed by atoms with Crippen LogP contribution in [0.1, 0.15) is 58.3 Å². The molecule has 2 N–H and O–H groups in total. The van der Waals surface area contributed by atoms with Gasteiger partial charge in [-0.2, -0.15) is 0 Å². The lowest BCUT2D eigenvalue weighted by molar-refractivity contribution is -0.185. The molecule has 1 atom stereocenters. The van der Waals surface area contributed by atoms with Crippen molar-refractivity contribution in [3.63, 3.8) is 0 Å². The van der Waals surface area contributed by atoms with E-state index in [2.05, 4.69) is 0 Å². The van der Waals surface area contributed by atoms with Crippen LogP contribution >= 0.6 is 0 Å². The smallest absolute Gasteiger partial charge is 0.311 e. The summed E-state index contributed by atoms with van der Waals surface area (Å²) >= 11 is 0. The maximum absolute atomic E-state index is 11.9. The van der Waals surface area contributed by atoms with E-state index in [0.29, 0.717) is 45.1 Å². The van der Waals surface area contributed by atoms with Crippen molar-refractivity contribution in [3.8, 4) is 0 Å². The first-order chi connectivity index (χ1) is 12.0. The SMILES string of the molecule is CCOCOC(=O)C1CCC(C(O)OC2CCC(C(=O)O)CC2)CC1. The molecule has 0 radical (unpaired) electrons. The van der Waals surface area contributed by atoms with Crippen molar-refractivity contribution < 1.29 is 34.0 Å². The van der Waals surface area contributed by atoms with Crippen LogP contribution < -0.4 is 0 Å². The van der Waals surface area contributed by atoms with Crippen LogP contribution in [0.5, 0.6) is 0 Å². The maximum Gasteiger partial charge on any atom is 0.311 e. The number of carbonyl (C=O) groups excluding carboxylic acids is 1. The second kappa shape index (κ2) is 10.1. The quantitative estimate of drug-likeness (QED) is 0.390. The van der Waals surface area contributed by atoms with Crippen molar-refractivity contribution in [2.24, 2.45) is 17.8 Å². The summed E-state index contributed by atoms with van der Waals surface area (Å²) in [6.07, 6.45) is 4.45. The molecule has 25 heavy (non-hydrogen) atoms. The van der Waals surface area contributed by atoms with E-state index in [-0.39, 0.29) is 36.6 Å². The standard InChI is InChI=1S/C18H30O7/c1-2-23-11-24-17(21)13-3-5-14(6-4-13)18(22)25-15-9-7-12(8-10-15)16(19)20/h12-15,18,22H,2-11H2,1H3,(H,19,20). The molecule has 7 heteroatoms. The Kier molecular flexibility index (Phi) is 8.12. The third-order valence-corrected chi connectivity index (χ3v) is 5.35. The molecule has 144 valence electrons. The van der Waals surface area contributed by atoms with Crippen molar-refractivity contribution in [1.82, 2.24) is 0 Å². The van der Waals surface area contributed by atoms with Gasteiger partial charge in [0.05, 0.1) is 17.9 Å². The highest BCUT2D eigenvalue weighted by Crippen LogP contribution is 2.34. The minimum atomic E-state index is -0.841. The zero-order valence-electron chi connectivity index (χ0n) is 14.9. The molecule has 2 rings (SSSR count). The molecule has 2 aliphatic carbocycles. The van der Waals surface area contributed by atoms with Crippen LogP contribution in [-0.4, -0.2) is 47.9 Å². The molecule has 0 aromatic carbocycles. The summed E-state index contributed by atoms with van der Waals surface area (Å²) in [5.41, 5.74) is 0. The maximum atomic E-state index is 11.9. The summed E-state index contributed by atoms with van der Waals surface area (Å²) in [4.78, 5) is 22.9. The van der Waals surface area contributed by atoms with Crippen molar-refractivity contribution in [3.05, 3.63) is 0 Å². The number of aliphatic hydroxyl groups is 1. The van der Waals surface area contributed by atoms with E-state index in [4.69, 9.17) is 19.3 Å². The number of ether oxygens (including phenoxy) is 3. The molecule has 7 nitrogen and oxygen atoms in total. The largest absolute Gasteiger partial charge is 0.481 e. The molecule has 0 heterocycles. The first-order valence-electron chi connectivity index (χ1n) is 9.32. The van der Waals surface area contributed by atoms with E-state index in [1.807, 2.05) is 6.92 Å². The van der Waals surface area contributed by atoms with Crippen LogP contribution in [0.2, 0.25) is 0 Å². The van der Waals surface area contributed by atoms with E-state index in [0.717, 1.165) is 12.8 Å². The Labute approximate surface area is 148 Å². The van der Waals surface area contributed by atoms with Gasteiger partial charge in [0, 0.05) is 12.5 Å². The van der Waals surface area contributed by atoms with Gasteiger partial charge in [-0.05, 0) is 58.3 Å².